The molecule has 2 rings (SSSR count). The molecule has 0 unspecified atom stereocenters. The molecule has 2 aromatic rings. The van der Waals surface area contributed by atoms with Crippen LogP contribution in [-0.2, 0) is 0 Å². The van der Waals surface area contributed by atoms with Gasteiger partial charge in [-0.3, -0.25) is 4.79 Å². The second-order valence-electron chi connectivity index (χ2n) is 5.04. The van der Waals surface area contributed by atoms with Gasteiger partial charge in [-0.1, -0.05) is 23.7 Å². The number of ketones is 1. The van der Waals surface area contributed by atoms with E-state index in [1.807, 2.05) is 58.0 Å². The summed E-state index contributed by atoms with van der Waals surface area (Å²) in [6, 6.07) is 9.47. The van der Waals surface area contributed by atoms with E-state index in [2.05, 4.69) is 0 Å². The van der Waals surface area contributed by atoms with Crippen molar-refractivity contribution in [1.29, 1.82) is 0 Å². The summed E-state index contributed by atoms with van der Waals surface area (Å²) in [7, 11) is 0. The summed E-state index contributed by atoms with van der Waals surface area (Å²) in [6.07, 6.45) is 0. The van der Waals surface area contributed by atoms with Crippen LogP contribution >= 0.6 is 11.6 Å². The van der Waals surface area contributed by atoms with Crippen LogP contribution < -0.4 is 0 Å². The highest BCUT2D eigenvalue weighted by Crippen LogP contribution is 2.24. The van der Waals surface area contributed by atoms with Crippen molar-refractivity contribution in [3.8, 4) is 0 Å². The van der Waals surface area contributed by atoms with E-state index in [0.29, 0.717) is 16.1 Å². The van der Waals surface area contributed by atoms with Crippen molar-refractivity contribution in [3.05, 3.63) is 68.7 Å². The summed E-state index contributed by atoms with van der Waals surface area (Å²) in [5, 5.41) is 0.520. The zero-order valence-electron chi connectivity index (χ0n) is 11.7. The molecule has 0 aliphatic carbocycles. The lowest BCUT2D eigenvalue weighted by molar-refractivity contribution is 0.103. The molecular weight excluding hydrogens is 256 g/mol. The maximum Gasteiger partial charge on any atom is 0.194 e. The quantitative estimate of drug-likeness (QED) is 0.718. The Labute approximate surface area is 119 Å². The van der Waals surface area contributed by atoms with Crippen molar-refractivity contribution in [2.75, 3.05) is 0 Å². The van der Waals surface area contributed by atoms with Gasteiger partial charge in [0.05, 0.1) is 5.02 Å². The average molecular weight is 273 g/mol. The van der Waals surface area contributed by atoms with Crippen LogP contribution in [0.25, 0.3) is 0 Å². The van der Waals surface area contributed by atoms with E-state index in [1.54, 1.807) is 0 Å². The van der Waals surface area contributed by atoms with E-state index < -0.39 is 0 Å². The van der Waals surface area contributed by atoms with Crippen molar-refractivity contribution in [2.45, 2.75) is 27.7 Å². The Bertz CT molecular complexity index is 657. The predicted molar refractivity (Wildman–Crippen MR) is 80.3 cm³/mol. The summed E-state index contributed by atoms with van der Waals surface area (Å²) in [4.78, 5) is 12.5. The first-order chi connectivity index (χ1) is 8.90. The lowest BCUT2D eigenvalue weighted by Gasteiger charge is -2.09. The molecule has 0 saturated heterocycles. The van der Waals surface area contributed by atoms with Crippen molar-refractivity contribution < 1.29 is 4.79 Å². The van der Waals surface area contributed by atoms with Gasteiger partial charge in [0.2, 0.25) is 0 Å². The van der Waals surface area contributed by atoms with Gasteiger partial charge >= 0.3 is 0 Å². The Hall–Kier alpha value is -1.60. The molecular formula is C17H17ClO. The smallest absolute Gasteiger partial charge is 0.194 e. The molecule has 2 heteroatoms. The number of carbonyl (C=O) groups excluding carboxylic acids is 1. The van der Waals surface area contributed by atoms with E-state index in [1.165, 1.54) is 5.56 Å². The predicted octanol–water partition coefficient (Wildman–Crippen LogP) is 4.80. The molecule has 0 bridgehead atoms. The molecule has 0 fully saturated rings. The number of aryl methyl sites for hydroxylation is 4. The number of carbonyl (C=O) groups is 1. The Morgan fingerprint density at radius 3 is 2.05 bits per heavy atom. The van der Waals surface area contributed by atoms with E-state index in [-0.39, 0.29) is 5.78 Å². The third kappa shape index (κ3) is 2.71. The van der Waals surface area contributed by atoms with Gasteiger partial charge in [-0.15, -0.1) is 0 Å². The lowest BCUT2D eigenvalue weighted by Crippen LogP contribution is -2.04. The minimum atomic E-state index is -0.0174. The standard InChI is InChI=1S/C17H17ClO/c1-10-5-6-14(7-11(10)2)17(19)15-8-12(3)13(4)9-16(15)18/h5-9H,1-4H3. The van der Waals surface area contributed by atoms with Crippen LogP contribution in [0.2, 0.25) is 5.02 Å². The number of hydrogen-bond acceptors (Lipinski definition) is 1. The van der Waals surface area contributed by atoms with Gasteiger partial charge in [0, 0.05) is 11.1 Å². The van der Waals surface area contributed by atoms with Crippen LogP contribution in [0.5, 0.6) is 0 Å². The largest absolute Gasteiger partial charge is 0.289 e. The van der Waals surface area contributed by atoms with Crippen LogP contribution in [0.15, 0.2) is 30.3 Å². The first-order valence-corrected chi connectivity index (χ1v) is 6.66. The lowest BCUT2D eigenvalue weighted by atomic mass is 9.97. The van der Waals surface area contributed by atoms with Crippen molar-refractivity contribution in [2.24, 2.45) is 0 Å². The topological polar surface area (TPSA) is 17.1 Å². The molecule has 0 atom stereocenters. The molecule has 0 aliphatic heterocycles. The van der Waals surface area contributed by atoms with Gasteiger partial charge in [-0.25, -0.2) is 0 Å². The number of benzene rings is 2. The summed E-state index contributed by atoms with van der Waals surface area (Å²) in [5.41, 5.74) is 5.74. The second kappa shape index (κ2) is 5.18. The van der Waals surface area contributed by atoms with Gasteiger partial charge in [-0.05, 0) is 68.1 Å². The van der Waals surface area contributed by atoms with Crippen LogP contribution in [0, 0.1) is 27.7 Å². The van der Waals surface area contributed by atoms with Crippen molar-refractivity contribution >= 4 is 17.4 Å². The van der Waals surface area contributed by atoms with Crippen LogP contribution in [0.4, 0.5) is 0 Å². The molecule has 1 nitrogen and oxygen atoms in total. The fourth-order valence-electron chi connectivity index (χ4n) is 1.99. The van der Waals surface area contributed by atoms with E-state index in [0.717, 1.165) is 16.7 Å². The zero-order chi connectivity index (χ0) is 14.2. The van der Waals surface area contributed by atoms with Gasteiger partial charge in [0.25, 0.3) is 0 Å². The fourth-order valence-corrected chi connectivity index (χ4v) is 2.30. The minimum Gasteiger partial charge on any atom is -0.289 e. The average Bonchev–Trinajstić information content (AvgIpc) is 2.36. The second-order valence-corrected chi connectivity index (χ2v) is 5.45. The Morgan fingerprint density at radius 1 is 0.842 bits per heavy atom. The molecule has 0 N–H and O–H groups in total. The molecule has 98 valence electrons. The van der Waals surface area contributed by atoms with E-state index in [9.17, 15) is 4.79 Å². The highest BCUT2D eigenvalue weighted by molar-refractivity contribution is 6.35. The normalized spacial score (nSPS) is 10.6. The minimum absolute atomic E-state index is 0.0174. The third-order valence-corrected chi connectivity index (χ3v) is 3.91. The third-order valence-electron chi connectivity index (χ3n) is 3.60. The molecule has 0 aromatic heterocycles. The maximum absolute atomic E-state index is 12.5. The molecule has 0 amide bonds. The SMILES string of the molecule is Cc1ccc(C(=O)c2cc(C)c(C)cc2Cl)cc1C. The Balaban J connectivity index is 2.49. The van der Waals surface area contributed by atoms with Crippen LogP contribution in [0.3, 0.4) is 0 Å². The summed E-state index contributed by atoms with van der Waals surface area (Å²) >= 11 is 6.20. The zero-order valence-corrected chi connectivity index (χ0v) is 12.4. The van der Waals surface area contributed by atoms with Gasteiger partial charge < -0.3 is 0 Å². The molecule has 19 heavy (non-hydrogen) atoms. The molecule has 0 heterocycles. The monoisotopic (exact) mass is 272 g/mol. The number of halogens is 1. The molecule has 0 radical (unpaired) electrons. The van der Waals surface area contributed by atoms with Gasteiger partial charge in [0.15, 0.2) is 5.78 Å². The number of hydrogen-bond donors (Lipinski definition) is 0. The Morgan fingerprint density at radius 2 is 1.42 bits per heavy atom. The molecule has 0 saturated carbocycles. The number of rotatable bonds is 2. The fraction of sp³-hybridized carbons (Fsp3) is 0.235. The van der Waals surface area contributed by atoms with E-state index >= 15 is 0 Å². The van der Waals surface area contributed by atoms with Gasteiger partial charge in [-0.2, -0.15) is 0 Å². The maximum atomic E-state index is 12.5. The molecule has 0 aliphatic rings. The van der Waals surface area contributed by atoms with Crippen LogP contribution in [0.1, 0.15) is 38.2 Å². The van der Waals surface area contributed by atoms with E-state index in [4.69, 9.17) is 11.6 Å². The van der Waals surface area contributed by atoms with Crippen LogP contribution in [-0.4, -0.2) is 5.78 Å². The summed E-state index contributed by atoms with van der Waals surface area (Å²) < 4.78 is 0. The van der Waals surface area contributed by atoms with Gasteiger partial charge in [0.1, 0.15) is 0 Å². The highest BCUT2D eigenvalue weighted by atomic mass is 35.5. The summed E-state index contributed by atoms with van der Waals surface area (Å²) in [5.74, 6) is -0.0174. The molecule has 0 spiro atoms. The van der Waals surface area contributed by atoms with Crippen molar-refractivity contribution in [1.82, 2.24) is 0 Å². The summed E-state index contributed by atoms with van der Waals surface area (Å²) in [6.45, 7) is 8.02. The highest BCUT2D eigenvalue weighted by Gasteiger charge is 2.14. The van der Waals surface area contributed by atoms with Crippen molar-refractivity contribution in [3.63, 3.8) is 0 Å². The molecule has 2 aromatic carbocycles. The Kier molecular flexibility index (Phi) is 3.77. The first kappa shape index (κ1) is 13.8. The first-order valence-electron chi connectivity index (χ1n) is 6.29.